The number of para-hydroxylation sites is 1. The topological polar surface area (TPSA) is 27.6 Å². The SMILES string of the molecule is CC1CC=NN1C(=S)Nc1ccccc1. The molecule has 2 rings (SSSR count). The fraction of sp³-hybridized carbons (Fsp3) is 0.273. The van der Waals surface area contributed by atoms with Gasteiger partial charge in [0.2, 0.25) is 0 Å². The van der Waals surface area contributed by atoms with E-state index in [2.05, 4.69) is 17.3 Å². The molecule has 78 valence electrons. The normalized spacial score (nSPS) is 19.3. The molecule has 1 unspecified atom stereocenters. The van der Waals surface area contributed by atoms with Crippen LogP contribution in [0.4, 0.5) is 5.69 Å². The van der Waals surface area contributed by atoms with Crippen LogP contribution >= 0.6 is 12.2 Å². The van der Waals surface area contributed by atoms with Crippen molar-refractivity contribution >= 4 is 29.2 Å². The summed E-state index contributed by atoms with van der Waals surface area (Å²) in [4.78, 5) is 0. The molecule has 0 radical (unpaired) electrons. The van der Waals surface area contributed by atoms with Gasteiger partial charge in [-0.05, 0) is 31.3 Å². The van der Waals surface area contributed by atoms with Gasteiger partial charge in [0.25, 0.3) is 0 Å². The van der Waals surface area contributed by atoms with Crippen molar-refractivity contribution in [1.82, 2.24) is 5.01 Å². The van der Waals surface area contributed by atoms with Gasteiger partial charge < -0.3 is 5.32 Å². The molecular weight excluding hydrogens is 206 g/mol. The predicted molar refractivity (Wildman–Crippen MR) is 67.1 cm³/mol. The zero-order chi connectivity index (χ0) is 10.7. The third kappa shape index (κ3) is 2.33. The van der Waals surface area contributed by atoms with E-state index in [-0.39, 0.29) is 0 Å². The molecule has 1 N–H and O–H groups in total. The van der Waals surface area contributed by atoms with Gasteiger partial charge in [-0.15, -0.1) is 0 Å². The molecule has 15 heavy (non-hydrogen) atoms. The molecule has 0 saturated carbocycles. The maximum atomic E-state index is 5.27. The van der Waals surface area contributed by atoms with Gasteiger partial charge in [0.1, 0.15) is 0 Å². The Balaban J connectivity index is 2.01. The fourth-order valence-corrected chi connectivity index (χ4v) is 1.80. The summed E-state index contributed by atoms with van der Waals surface area (Å²) >= 11 is 5.27. The van der Waals surface area contributed by atoms with Gasteiger partial charge in [0, 0.05) is 18.3 Å². The van der Waals surface area contributed by atoms with E-state index in [0.717, 1.165) is 12.1 Å². The number of benzene rings is 1. The summed E-state index contributed by atoms with van der Waals surface area (Å²) in [6.45, 7) is 2.10. The number of hydrogen-bond donors (Lipinski definition) is 1. The first-order valence-corrected chi connectivity index (χ1v) is 5.36. The van der Waals surface area contributed by atoms with Gasteiger partial charge in [0.15, 0.2) is 5.11 Å². The highest BCUT2D eigenvalue weighted by atomic mass is 32.1. The lowest BCUT2D eigenvalue weighted by Gasteiger charge is -2.21. The summed E-state index contributed by atoms with van der Waals surface area (Å²) < 4.78 is 0. The minimum atomic E-state index is 0.355. The van der Waals surface area contributed by atoms with Gasteiger partial charge in [-0.3, -0.25) is 0 Å². The zero-order valence-electron chi connectivity index (χ0n) is 8.55. The van der Waals surface area contributed by atoms with Crippen LogP contribution in [0.25, 0.3) is 0 Å². The molecule has 0 aliphatic carbocycles. The van der Waals surface area contributed by atoms with Gasteiger partial charge in [-0.25, -0.2) is 5.01 Å². The Morgan fingerprint density at radius 2 is 2.20 bits per heavy atom. The first kappa shape index (κ1) is 10.1. The van der Waals surface area contributed by atoms with Gasteiger partial charge in [-0.1, -0.05) is 18.2 Å². The van der Waals surface area contributed by atoms with Crippen LogP contribution in [0.3, 0.4) is 0 Å². The molecular formula is C11H13N3S. The highest BCUT2D eigenvalue weighted by Crippen LogP contribution is 2.13. The van der Waals surface area contributed by atoms with Crippen LogP contribution in [-0.4, -0.2) is 22.4 Å². The summed E-state index contributed by atoms with van der Waals surface area (Å²) in [5.41, 5.74) is 0.997. The first-order chi connectivity index (χ1) is 7.27. The smallest absolute Gasteiger partial charge is 0.194 e. The molecule has 1 aromatic rings. The van der Waals surface area contributed by atoms with Crippen LogP contribution in [0.2, 0.25) is 0 Å². The minimum Gasteiger partial charge on any atom is -0.331 e. The number of nitrogens with one attached hydrogen (secondary N) is 1. The standard InChI is InChI=1S/C11H13N3S/c1-9-7-8-12-14(9)11(15)13-10-5-3-2-4-6-10/h2-6,8-9H,7H2,1H3,(H,13,15). The Morgan fingerprint density at radius 1 is 1.47 bits per heavy atom. The molecule has 0 aromatic heterocycles. The van der Waals surface area contributed by atoms with Gasteiger partial charge in [-0.2, -0.15) is 5.10 Å². The Kier molecular flexibility index (Phi) is 2.97. The van der Waals surface area contributed by atoms with Crippen molar-refractivity contribution in [2.45, 2.75) is 19.4 Å². The van der Waals surface area contributed by atoms with Crippen LogP contribution in [0.15, 0.2) is 35.4 Å². The summed E-state index contributed by atoms with van der Waals surface area (Å²) in [7, 11) is 0. The van der Waals surface area contributed by atoms with Crippen molar-refractivity contribution in [2.75, 3.05) is 5.32 Å². The van der Waals surface area contributed by atoms with E-state index in [9.17, 15) is 0 Å². The molecule has 1 aliphatic rings. The molecule has 0 amide bonds. The lowest BCUT2D eigenvalue weighted by atomic mass is 10.3. The zero-order valence-corrected chi connectivity index (χ0v) is 9.37. The van der Waals surface area contributed by atoms with Crippen LogP contribution in [0.1, 0.15) is 13.3 Å². The average molecular weight is 219 g/mol. The molecule has 1 heterocycles. The number of thiocarbonyl (C=S) groups is 1. The van der Waals surface area contributed by atoms with Crippen LogP contribution in [0, 0.1) is 0 Å². The molecule has 1 aliphatic heterocycles. The van der Waals surface area contributed by atoms with Crippen LogP contribution in [0.5, 0.6) is 0 Å². The fourth-order valence-electron chi connectivity index (χ4n) is 1.46. The second kappa shape index (κ2) is 4.40. The van der Waals surface area contributed by atoms with Crippen molar-refractivity contribution in [3.8, 4) is 0 Å². The van der Waals surface area contributed by atoms with E-state index in [1.165, 1.54) is 0 Å². The molecule has 1 atom stereocenters. The van der Waals surface area contributed by atoms with E-state index in [4.69, 9.17) is 12.2 Å². The van der Waals surface area contributed by atoms with E-state index < -0.39 is 0 Å². The Labute approximate surface area is 94.8 Å². The number of nitrogens with zero attached hydrogens (tertiary/aromatic N) is 2. The van der Waals surface area contributed by atoms with Gasteiger partial charge in [0.05, 0.1) is 6.04 Å². The Morgan fingerprint density at radius 3 is 2.80 bits per heavy atom. The number of hydrazone groups is 1. The summed E-state index contributed by atoms with van der Waals surface area (Å²) in [5.74, 6) is 0. The summed E-state index contributed by atoms with van der Waals surface area (Å²) in [6, 6.07) is 10.2. The Hall–Kier alpha value is -1.42. The highest BCUT2D eigenvalue weighted by Gasteiger charge is 2.19. The van der Waals surface area contributed by atoms with Crippen molar-refractivity contribution in [1.29, 1.82) is 0 Å². The molecule has 0 fully saturated rings. The quantitative estimate of drug-likeness (QED) is 0.735. The van der Waals surface area contributed by atoms with Gasteiger partial charge >= 0.3 is 0 Å². The number of hydrogen-bond acceptors (Lipinski definition) is 2. The third-order valence-electron chi connectivity index (χ3n) is 2.30. The predicted octanol–water partition coefficient (Wildman–Crippen LogP) is 2.46. The summed E-state index contributed by atoms with van der Waals surface area (Å²) in [6.07, 6.45) is 2.85. The molecule has 4 heteroatoms. The maximum Gasteiger partial charge on any atom is 0.194 e. The molecule has 1 aromatic carbocycles. The highest BCUT2D eigenvalue weighted by molar-refractivity contribution is 7.80. The average Bonchev–Trinajstić information content (AvgIpc) is 2.66. The number of anilines is 1. The summed E-state index contributed by atoms with van der Waals surface area (Å²) in [5, 5.41) is 9.87. The van der Waals surface area contributed by atoms with Crippen molar-refractivity contribution < 1.29 is 0 Å². The maximum absolute atomic E-state index is 5.27. The van der Waals surface area contributed by atoms with Crippen molar-refractivity contribution in [3.05, 3.63) is 30.3 Å². The lowest BCUT2D eigenvalue weighted by molar-refractivity contribution is 0.390. The number of rotatable bonds is 1. The molecule has 0 saturated heterocycles. The largest absolute Gasteiger partial charge is 0.331 e. The van der Waals surface area contributed by atoms with Crippen molar-refractivity contribution in [2.24, 2.45) is 5.10 Å². The molecule has 0 spiro atoms. The van der Waals surface area contributed by atoms with E-state index >= 15 is 0 Å². The van der Waals surface area contributed by atoms with E-state index in [1.807, 2.05) is 41.6 Å². The lowest BCUT2D eigenvalue weighted by Crippen LogP contribution is -2.34. The molecule has 3 nitrogen and oxygen atoms in total. The molecule has 0 bridgehead atoms. The van der Waals surface area contributed by atoms with Crippen LogP contribution < -0.4 is 5.32 Å². The Bertz CT molecular complexity index is 375. The van der Waals surface area contributed by atoms with Crippen LogP contribution in [-0.2, 0) is 0 Å². The second-order valence-electron chi connectivity index (χ2n) is 3.52. The minimum absolute atomic E-state index is 0.355. The van der Waals surface area contributed by atoms with E-state index in [0.29, 0.717) is 11.2 Å². The van der Waals surface area contributed by atoms with E-state index in [1.54, 1.807) is 0 Å². The first-order valence-electron chi connectivity index (χ1n) is 4.95. The van der Waals surface area contributed by atoms with Crippen molar-refractivity contribution in [3.63, 3.8) is 0 Å². The second-order valence-corrected chi connectivity index (χ2v) is 3.91. The monoisotopic (exact) mass is 219 g/mol. The third-order valence-corrected chi connectivity index (χ3v) is 2.59.